The first-order chi connectivity index (χ1) is 14.0. The fourth-order valence-corrected chi connectivity index (χ4v) is 3.35. The SMILES string of the molecule is C[C@H](NC(=O)COC(=O)c1ccc(OC[C@@H]2CCCO2)cc1)c1ccccc1Cl. The van der Waals surface area contributed by atoms with E-state index >= 15 is 0 Å². The Morgan fingerprint density at radius 2 is 1.97 bits per heavy atom. The number of carbonyl (C=O) groups is 2. The van der Waals surface area contributed by atoms with Crippen molar-refractivity contribution in [3.05, 3.63) is 64.7 Å². The largest absolute Gasteiger partial charge is 0.491 e. The van der Waals surface area contributed by atoms with Crippen molar-refractivity contribution in [2.75, 3.05) is 19.8 Å². The fourth-order valence-electron chi connectivity index (χ4n) is 3.05. The quantitative estimate of drug-likeness (QED) is 0.659. The molecule has 1 N–H and O–H groups in total. The number of benzene rings is 2. The van der Waals surface area contributed by atoms with E-state index in [9.17, 15) is 9.59 Å². The monoisotopic (exact) mass is 417 g/mol. The average Bonchev–Trinajstić information content (AvgIpc) is 3.25. The Balaban J connectivity index is 1.43. The molecule has 154 valence electrons. The van der Waals surface area contributed by atoms with Gasteiger partial charge in [0.05, 0.1) is 17.7 Å². The Morgan fingerprint density at radius 1 is 1.21 bits per heavy atom. The third-order valence-corrected chi connectivity index (χ3v) is 4.98. The Labute approximate surface area is 175 Å². The summed E-state index contributed by atoms with van der Waals surface area (Å²) in [6.45, 7) is 2.72. The average molecular weight is 418 g/mol. The topological polar surface area (TPSA) is 73.9 Å². The lowest BCUT2D eigenvalue weighted by Gasteiger charge is -2.15. The van der Waals surface area contributed by atoms with E-state index in [0.717, 1.165) is 25.0 Å². The van der Waals surface area contributed by atoms with Crippen LogP contribution in [0.2, 0.25) is 5.02 Å². The molecular weight excluding hydrogens is 394 g/mol. The minimum absolute atomic E-state index is 0.131. The molecule has 1 heterocycles. The van der Waals surface area contributed by atoms with Gasteiger partial charge in [0.1, 0.15) is 12.4 Å². The summed E-state index contributed by atoms with van der Waals surface area (Å²) in [4.78, 5) is 24.2. The molecule has 29 heavy (non-hydrogen) atoms. The molecule has 0 spiro atoms. The van der Waals surface area contributed by atoms with Gasteiger partial charge in [-0.2, -0.15) is 0 Å². The van der Waals surface area contributed by atoms with E-state index in [1.54, 1.807) is 30.3 Å². The van der Waals surface area contributed by atoms with Crippen LogP contribution in [0.25, 0.3) is 0 Å². The van der Waals surface area contributed by atoms with E-state index in [2.05, 4.69) is 5.32 Å². The summed E-state index contributed by atoms with van der Waals surface area (Å²) < 4.78 is 16.3. The summed E-state index contributed by atoms with van der Waals surface area (Å²) in [7, 11) is 0. The van der Waals surface area contributed by atoms with E-state index in [4.69, 9.17) is 25.8 Å². The first-order valence-electron chi connectivity index (χ1n) is 9.58. The van der Waals surface area contributed by atoms with Gasteiger partial charge in [-0.15, -0.1) is 0 Å². The Kier molecular flexibility index (Phi) is 7.49. The number of hydrogen-bond donors (Lipinski definition) is 1. The van der Waals surface area contributed by atoms with Crippen LogP contribution in [0.3, 0.4) is 0 Å². The predicted octanol–water partition coefficient (Wildman–Crippen LogP) is 3.93. The lowest BCUT2D eigenvalue weighted by Crippen LogP contribution is -2.31. The van der Waals surface area contributed by atoms with Gasteiger partial charge in [-0.1, -0.05) is 29.8 Å². The van der Waals surface area contributed by atoms with Crippen LogP contribution in [0.1, 0.15) is 41.7 Å². The van der Waals surface area contributed by atoms with E-state index < -0.39 is 11.9 Å². The number of ether oxygens (including phenoxy) is 3. The van der Waals surface area contributed by atoms with Crippen molar-refractivity contribution in [3.63, 3.8) is 0 Å². The van der Waals surface area contributed by atoms with Crippen molar-refractivity contribution >= 4 is 23.5 Å². The van der Waals surface area contributed by atoms with Gasteiger partial charge in [-0.05, 0) is 55.7 Å². The molecule has 0 unspecified atom stereocenters. The van der Waals surface area contributed by atoms with Crippen molar-refractivity contribution in [1.29, 1.82) is 0 Å². The van der Waals surface area contributed by atoms with Crippen molar-refractivity contribution in [2.45, 2.75) is 31.9 Å². The zero-order chi connectivity index (χ0) is 20.6. The van der Waals surface area contributed by atoms with Crippen LogP contribution in [0, 0.1) is 0 Å². The summed E-state index contributed by atoms with van der Waals surface area (Å²) >= 11 is 6.13. The molecule has 3 rings (SSSR count). The van der Waals surface area contributed by atoms with Gasteiger partial charge < -0.3 is 19.5 Å². The maximum Gasteiger partial charge on any atom is 0.338 e. The van der Waals surface area contributed by atoms with E-state index in [1.807, 2.05) is 25.1 Å². The standard InChI is InChI=1S/C22H24ClNO5/c1-15(19-6-2-3-7-20(19)23)24-21(25)14-29-22(26)16-8-10-17(11-9-16)28-13-18-5-4-12-27-18/h2-3,6-11,15,18H,4-5,12-14H2,1H3,(H,24,25)/t15-,18-/m0/s1. The Hall–Kier alpha value is -2.57. The number of nitrogens with one attached hydrogen (secondary N) is 1. The summed E-state index contributed by atoms with van der Waals surface area (Å²) in [5, 5.41) is 3.33. The van der Waals surface area contributed by atoms with Crippen LogP contribution in [0.15, 0.2) is 48.5 Å². The van der Waals surface area contributed by atoms with Crippen LogP contribution in [-0.2, 0) is 14.3 Å². The van der Waals surface area contributed by atoms with Crippen molar-refractivity contribution in [3.8, 4) is 5.75 Å². The fraction of sp³-hybridized carbons (Fsp3) is 0.364. The first-order valence-corrected chi connectivity index (χ1v) is 9.96. The molecule has 1 aliphatic rings. The minimum Gasteiger partial charge on any atom is -0.491 e. The van der Waals surface area contributed by atoms with Gasteiger partial charge in [0, 0.05) is 11.6 Å². The van der Waals surface area contributed by atoms with Crippen LogP contribution in [-0.4, -0.2) is 37.8 Å². The van der Waals surface area contributed by atoms with E-state index in [-0.39, 0.29) is 18.8 Å². The maximum absolute atomic E-state index is 12.2. The second kappa shape index (κ2) is 10.3. The summed E-state index contributed by atoms with van der Waals surface area (Å²) in [6, 6.07) is 13.6. The molecule has 0 saturated carbocycles. The molecule has 1 saturated heterocycles. The number of rotatable bonds is 8. The highest BCUT2D eigenvalue weighted by molar-refractivity contribution is 6.31. The number of amides is 1. The lowest BCUT2D eigenvalue weighted by molar-refractivity contribution is -0.124. The van der Waals surface area contributed by atoms with Crippen molar-refractivity contribution < 1.29 is 23.8 Å². The van der Waals surface area contributed by atoms with Gasteiger partial charge in [-0.3, -0.25) is 4.79 Å². The molecule has 2 aromatic carbocycles. The van der Waals surface area contributed by atoms with Crippen LogP contribution in [0.5, 0.6) is 5.75 Å². The number of hydrogen-bond acceptors (Lipinski definition) is 5. The number of esters is 1. The molecule has 7 heteroatoms. The Bertz CT molecular complexity index is 833. The molecule has 1 fully saturated rings. The molecule has 2 atom stereocenters. The summed E-state index contributed by atoms with van der Waals surface area (Å²) in [6.07, 6.45) is 2.19. The molecule has 0 aromatic heterocycles. The highest BCUT2D eigenvalue weighted by Crippen LogP contribution is 2.22. The molecule has 6 nitrogen and oxygen atoms in total. The Morgan fingerprint density at radius 3 is 2.66 bits per heavy atom. The molecule has 2 aromatic rings. The minimum atomic E-state index is -0.573. The lowest BCUT2D eigenvalue weighted by atomic mass is 10.1. The van der Waals surface area contributed by atoms with Gasteiger partial charge in [0.2, 0.25) is 0 Å². The van der Waals surface area contributed by atoms with Gasteiger partial charge >= 0.3 is 5.97 Å². The van der Waals surface area contributed by atoms with Gasteiger partial charge in [0.25, 0.3) is 5.91 Å². The smallest absolute Gasteiger partial charge is 0.338 e. The third kappa shape index (κ3) is 6.21. The van der Waals surface area contributed by atoms with Gasteiger partial charge in [0.15, 0.2) is 6.61 Å². The van der Waals surface area contributed by atoms with E-state index in [0.29, 0.717) is 22.9 Å². The van der Waals surface area contributed by atoms with Crippen molar-refractivity contribution in [1.82, 2.24) is 5.32 Å². The summed E-state index contributed by atoms with van der Waals surface area (Å²) in [5.74, 6) is -0.318. The molecular formula is C22H24ClNO5. The maximum atomic E-state index is 12.2. The summed E-state index contributed by atoms with van der Waals surface area (Å²) in [5.41, 5.74) is 1.15. The zero-order valence-electron chi connectivity index (χ0n) is 16.2. The molecule has 0 radical (unpaired) electrons. The zero-order valence-corrected chi connectivity index (χ0v) is 17.0. The van der Waals surface area contributed by atoms with Crippen LogP contribution >= 0.6 is 11.6 Å². The second-order valence-electron chi connectivity index (χ2n) is 6.86. The second-order valence-corrected chi connectivity index (χ2v) is 7.26. The molecule has 0 aliphatic carbocycles. The van der Waals surface area contributed by atoms with Crippen LogP contribution < -0.4 is 10.1 Å². The van der Waals surface area contributed by atoms with Gasteiger partial charge in [-0.25, -0.2) is 4.79 Å². The predicted molar refractivity (Wildman–Crippen MR) is 109 cm³/mol. The first kappa shape index (κ1) is 21.1. The van der Waals surface area contributed by atoms with Crippen molar-refractivity contribution in [2.24, 2.45) is 0 Å². The molecule has 0 bridgehead atoms. The number of carbonyl (C=O) groups excluding carboxylic acids is 2. The highest BCUT2D eigenvalue weighted by atomic mass is 35.5. The van der Waals surface area contributed by atoms with Crippen LogP contribution in [0.4, 0.5) is 0 Å². The normalized spacial score (nSPS) is 16.8. The molecule has 1 aliphatic heterocycles. The third-order valence-electron chi connectivity index (χ3n) is 4.63. The van der Waals surface area contributed by atoms with E-state index in [1.165, 1.54) is 0 Å². The highest BCUT2D eigenvalue weighted by Gasteiger charge is 2.17. The number of halogens is 1. The molecule has 1 amide bonds.